The molecule has 126 valence electrons. The van der Waals surface area contributed by atoms with E-state index in [0.717, 1.165) is 25.8 Å². The molecule has 2 saturated heterocycles. The van der Waals surface area contributed by atoms with Gasteiger partial charge in [-0.2, -0.15) is 0 Å². The van der Waals surface area contributed by atoms with Crippen molar-refractivity contribution in [1.82, 2.24) is 9.80 Å². The molecule has 2 unspecified atom stereocenters. The number of fused-ring (bicyclic) bond motifs is 1. The molecule has 0 aromatic carbocycles. The number of ether oxygens (including phenoxy) is 2. The highest BCUT2D eigenvalue weighted by molar-refractivity contribution is 5.67. The van der Waals surface area contributed by atoms with E-state index in [9.17, 15) is 4.79 Å². The Balaban J connectivity index is 1.87. The minimum absolute atomic E-state index is 0.230. The number of carbonyl (C=O) groups excluding carboxylic acids is 1. The van der Waals surface area contributed by atoms with Gasteiger partial charge in [0.25, 0.3) is 0 Å². The van der Waals surface area contributed by atoms with Gasteiger partial charge >= 0.3 is 6.09 Å². The standard InChI is InChI=1S/C17H30N2O3/c1-5-17-8-7-15(19(17)12-14(3)11-17)13-22-16(20)18(6-2)9-10-21-4/h15H,3,5-13H2,1-2,4H3. The van der Waals surface area contributed by atoms with Crippen LogP contribution in [0.15, 0.2) is 12.2 Å². The van der Waals surface area contributed by atoms with Crippen LogP contribution >= 0.6 is 0 Å². The minimum Gasteiger partial charge on any atom is -0.448 e. The molecule has 0 aliphatic carbocycles. The lowest BCUT2D eigenvalue weighted by Gasteiger charge is -2.33. The van der Waals surface area contributed by atoms with Gasteiger partial charge in [-0.3, -0.25) is 4.90 Å². The molecular weight excluding hydrogens is 280 g/mol. The Labute approximate surface area is 134 Å². The lowest BCUT2D eigenvalue weighted by atomic mass is 9.90. The van der Waals surface area contributed by atoms with Crippen molar-refractivity contribution in [3.63, 3.8) is 0 Å². The van der Waals surface area contributed by atoms with Crippen molar-refractivity contribution >= 4 is 6.09 Å². The Morgan fingerprint density at radius 1 is 1.50 bits per heavy atom. The predicted molar refractivity (Wildman–Crippen MR) is 87.0 cm³/mol. The summed E-state index contributed by atoms with van der Waals surface area (Å²) in [6.07, 6.45) is 4.31. The molecular formula is C17H30N2O3. The predicted octanol–water partition coefficient (Wildman–Crippen LogP) is 2.66. The first-order valence-electron chi connectivity index (χ1n) is 8.40. The third-order valence-corrected chi connectivity index (χ3v) is 5.23. The molecule has 5 nitrogen and oxygen atoms in total. The van der Waals surface area contributed by atoms with Crippen LogP contribution in [0, 0.1) is 0 Å². The van der Waals surface area contributed by atoms with E-state index in [1.807, 2.05) is 6.92 Å². The molecule has 0 spiro atoms. The van der Waals surface area contributed by atoms with Crippen LogP contribution in [0.1, 0.15) is 39.5 Å². The van der Waals surface area contributed by atoms with Gasteiger partial charge in [0.2, 0.25) is 0 Å². The smallest absolute Gasteiger partial charge is 0.409 e. The van der Waals surface area contributed by atoms with Gasteiger partial charge in [0, 0.05) is 38.3 Å². The lowest BCUT2D eigenvalue weighted by Crippen LogP contribution is -2.44. The first kappa shape index (κ1) is 17.3. The Morgan fingerprint density at radius 3 is 2.91 bits per heavy atom. The van der Waals surface area contributed by atoms with Crippen LogP contribution < -0.4 is 0 Å². The fourth-order valence-electron chi connectivity index (χ4n) is 3.89. The van der Waals surface area contributed by atoms with Crippen LogP contribution in [0.4, 0.5) is 4.79 Å². The molecule has 0 radical (unpaired) electrons. The second kappa shape index (κ2) is 7.47. The summed E-state index contributed by atoms with van der Waals surface area (Å²) >= 11 is 0. The molecule has 0 bridgehead atoms. The van der Waals surface area contributed by atoms with Gasteiger partial charge in [-0.15, -0.1) is 0 Å². The molecule has 2 heterocycles. The van der Waals surface area contributed by atoms with Gasteiger partial charge < -0.3 is 14.4 Å². The molecule has 0 N–H and O–H groups in total. The van der Waals surface area contributed by atoms with Crippen LogP contribution in [0.3, 0.4) is 0 Å². The molecule has 1 amide bonds. The molecule has 2 aliphatic rings. The van der Waals surface area contributed by atoms with Gasteiger partial charge in [0.1, 0.15) is 6.61 Å². The van der Waals surface area contributed by atoms with Gasteiger partial charge in [-0.1, -0.05) is 19.1 Å². The molecule has 2 atom stereocenters. The highest BCUT2D eigenvalue weighted by Crippen LogP contribution is 2.46. The van der Waals surface area contributed by atoms with Crippen LogP contribution in [0.5, 0.6) is 0 Å². The summed E-state index contributed by atoms with van der Waals surface area (Å²) in [4.78, 5) is 16.4. The molecule has 0 aromatic heterocycles. The second-order valence-corrected chi connectivity index (χ2v) is 6.47. The summed E-state index contributed by atoms with van der Waals surface area (Å²) in [5.74, 6) is 0. The molecule has 0 saturated carbocycles. The van der Waals surface area contributed by atoms with E-state index in [0.29, 0.717) is 32.3 Å². The summed E-state index contributed by atoms with van der Waals surface area (Å²) in [5, 5.41) is 0. The monoisotopic (exact) mass is 310 g/mol. The van der Waals surface area contributed by atoms with Crippen molar-refractivity contribution in [2.75, 3.05) is 40.0 Å². The Morgan fingerprint density at radius 2 is 2.27 bits per heavy atom. The van der Waals surface area contributed by atoms with E-state index in [1.54, 1.807) is 12.0 Å². The molecule has 0 aromatic rings. The maximum Gasteiger partial charge on any atom is 0.409 e. The van der Waals surface area contributed by atoms with Crippen molar-refractivity contribution in [2.24, 2.45) is 0 Å². The van der Waals surface area contributed by atoms with Crippen molar-refractivity contribution in [1.29, 1.82) is 0 Å². The van der Waals surface area contributed by atoms with Gasteiger partial charge in [0.15, 0.2) is 0 Å². The zero-order valence-corrected chi connectivity index (χ0v) is 14.3. The van der Waals surface area contributed by atoms with Gasteiger partial charge in [0.05, 0.1) is 6.61 Å². The Bertz CT molecular complexity index is 413. The third-order valence-electron chi connectivity index (χ3n) is 5.23. The Kier molecular flexibility index (Phi) is 5.87. The second-order valence-electron chi connectivity index (χ2n) is 6.47. The molecule has 22 heavy (non-hydrogen) atoms. The summed E-state index contributed by atoms with van der Waals surface area (Å²) in [7, 11) is 1.64. The number of likely N-dealkylation sites (N-methyl/N-ethyl adjacent to an activating group) is 1. The highest BCUT2D eigenvalue weighted by atomic mass is 16.6. The van der Waals surface area contributed by atoms with E-state index < -0.39 is 0 Å². The Hall–Kier alpha value is -1.07. The average Bonchev–Trinajstić information content (AvgIpc) is 3.01. The van der Waals surface area contributed by atoms with Crippen molar-refractivity contribution in [3.05, 3.63) is 12.2 Å². The van der Waals surface area contributed by atoms with Crippen LogP contribution in [-0.4, -0.2) is 67.4 Å². The fourth-order valence-corrected chi connectivity index (χ4v) is 3.89. The van der Waals surface area contributed by atoms with Crippen LogP contribution in [0.2, 0.25) is 0 Å². The number of amides is 1. The van der Waals surface area contributed by atoms with E-state index in [1.165, 1.54) is 12.0 Å². The van der Waals surface area contributed by atoms with E-state index in [-0.39, 0.29) is 11.6 Å². The largest absolute Gasteiger partial charge is 0.448 e. The normalized spacial score (nSPS) is 28.0. The number of hydrogen-bond donors (Lipinski definition) is 0. The lowest BCUT2D eigenvalue weighted by molar-refractivity contribution is 0.0557. The van der Waals surface area contributed by atoms with Gasteiger partial charge in [-0.25, -0.2) is 4.79 Å². The molecule has 2 rings (SSSR count). The first-order valence-corrected chi connectivity index (χ1v) is 8.40. The zero-order valence-electron chi connectivity index (χ0n) is 14.3. The summed E-state index contributed by atoms with van der Waals surface area (Å²) in [6.45, 7) is 11.6. The number of rotatable bonds is 7. The van der Waals surface area contributed by atoms with Crippen LogP contribution in [0.25, 0.3) is 0 Å². The van der Waals surface area contributed by atoms with Crippen LogP contribution in [-0.2, 0) is 9.47 Å². The minimum atomic E-state index is -0.230. The number of hydrogen-bond acceptors (Lipinski definition) is 4. The summed E-state index contributed by atoms with van der Waals surface area (Å²) in [6, 6.07) is 0.337. The number of methoxy groups -OCH3 is 1. The fraction of sp³-hybridized carbons (Fsp3) is 0.824. The van der Waals surface area contributed by atoms with E-state index >= 15 is 0 Å². The maximum atomic E-state index is 12.2. The number of nitrogens with zero attached hydrogens (tertiary/aromatic N) is 2. The zero-order chi connectivity index (χ0) is 16.2. The van der Waals surface area contributed by atoms with E-state index in [4.69, 9.17) is 9.47 Å². The molecule has 2 aliphatic heterocycles. The maximum absolute atomic E-state index is 12.2. The van der Waals surface area contributed by atoms with Crippen molar-refractivity contribution < 1.29 is 14.3 Å². The third kappa shape index (κ3) is 3.46. The average molecular weight is 310 g/mol. The molecule has 5 heteroatoms. The first-order chi connectivity index (χ1) is 10.6. The topological polar surface area (TPSA) is 42.0 Å². The highest BCUT2D eigenvalue weighted by Gasteiger charge is 2.49. The van der Waals surface area contributed by atoms with E-state index in [2.05, 4.69) is 18.4 Å². The van der Waals surface area contributed by atoms with Gasteiger partial charge in [-0.05, 0) is 32.6 Å². The summed E-state index contributed by atoms with van der Waals surface area (Å²) < 4.78 is 10.6. The quantitative estimate of drug-likeness (QED) is 0.678. The molecule has 2 fully saturated rings. The van der Waals surface area contributed by atoms with Crippen molar-refractivity contribution in [3.8, 4) is 0 Å². The van der Waals surface area contributed by atoms with Crippen molar-refractivity contribution in [2.45, 2.75) is 51.1 Å². The number of carbonyl (C=O) groups is 1. The summed E-state index contributed by atoms with van der Waals surface area (Å²) in [5.41, 5.74) is 1.59. The SMILES string of the molecule is C=C1CN2C(COC(=O)N(CC)CCOC)CCC2(CC)C1.